The van der Waals surface area contributed by atoms with Gasteiger partial charge in [-0.05, 0) is 25.0 Å². The molecule has 0 aliphatic heterocycles. The Labute approximate surface area is 92.3 Å². The van der Waals surface area contributed by atoms with Crippen molar-refractivity contribution >= 4 is 6.29 Å². The van der Waals surface area contributed by atoms with Crippen molar-refractivity contribution in [3.05, 3.63) is 35.9 Å². The zero-order valence-electron chi connectivity index (χ0n) is 8.59. The second-order valence-electron chi connectivity index (χ2n) is 3.88. The molecule has 16 heavy (non-hydrogen) atoms. The van der Waals surface area contributed by atoms with Crippen molar-refractivity contribution in [2.24, 2.45) is 0 Å². The fourth-order valence-electron chi connectivity index (χ4n) is 1.68. The fourth-order valence-corrected chi connectivity index (χ4v) is 1.68. The maximum Gasteiger partial charge on any atom is 0.246 e. The number of hydrogen-bond donors (Lipinski definition) is 0. The monoisotopic (exact) mass is 214 g/mol. The van der Waals surface area contributed by atoms with Crippen LogP contribution in [0.3, 0.4) is 0 Å². The van der Waals surface area contributed by atoms with E-state index in [2.05, 4.69) is 9.97 Å². The topological polar surface area (TPSA) is 56.0 Å². The number of carbonyl (C=O) groups is 1. The molecular formula is C12H10N2O2. The van der Waals surface area contributed by atoms with Crippen molar-refractivity contribution in [3.63, 3.8) is 0 Å². The van der Waals surface area contributed by atoms with Crippen molar-refractivity contribution in [1.29, 1.82) is 0 Å². The van der Waals surface area contributed by atoms with Gasteiger partial charge in [0, 0.05) is 12.1 Å². The quantitative estimate of drug-likeness (QED) is 0.736. The van der Waals surface area contributed by atoms with E-state index in [0.717, 1.165) is 24.8 Å². The Balaban J connectivity index is 2.05. The summed E-state index contributed by atoms with van der Waals surface area (Å²) in [5.74, 6) is 1.19. The molecule has 4 heteroatoms. The summed E-state index contributed by atoms with van der Waals surface area (Å²) in [4.78, 5) is 19.3. The Morgan fingerprint density at radius 2 is 2.25 bits per heavy atom. The van der Waals surface area contributed by atoms with Crippen molar-refractivity contribution in [3.8, 4) is 11.6 Å². The zero-order valence-corrected chi connectivity index (χ0v) is 8.59. The average Bonchev–Trinajstić information content (AvgIpc) is 3.10. The van der Waals surface area contributed by atoms with Crippen LogP contribution in [0.1, 0.15) is 35.0 Å². The van der Waals surface area contributed by atoms with E-state index in [1.165, 1.54) is 0 Å². The maximum absolute atomic E-state index is 10.9. The van der Waals surface area contributed by atoms with E-state index in [1.807, 2.05) is 18.2 Å². The lowest BCUT2D eigenvalue weighted by Gasteiger charge is -1.90. The second kappa shape index (κ2) is 3.56. The number of aldehydes is 1. The van der Waals surface area contributed by atoms with Gasteiger partial charge in [0.1, 0.15) is 5.69 Å². The van der Waals surface area contributed by atoms with Crippen LogP contribution in [0, 0.1) is 0 Å². The molecule has 0 aromatic carbocycles. The molecule has 2 heterocycles. The Kier molecular flexibility index (Phi) is 2.06. The standard InChI is InChI=1S/C12H10N2O2/c15-7-10-11(8-4-5-8)14-12(16-10)9-3-1-2-6-13-9/h1-3,6-8H,4-5H2. The first-order chi connectivity index (χ1) is 7.88. The summed E-state index contributed by atoms with van der Waals surface area (Å²) in [5.41, 5.74) is 1.45. The molecule has 3 rings (SSSR count). The Hall–Kier alpha value is -1.97. The molecular weight excluding hydrogens is 204 g/mol. The highest BCUT2D eigenvalue weighted by Crippen LogP contribution is 2.41. The van der Waals surface area contributed by atoms with Gasteiger partial charge < -0.3 is 4.42 Å². The molecule has 0 unspecified atom stereocenters. The molecule has 80 valence electrons. The first-order valence-electron chi connectivity index (χ1n) is 5.26. The molecule has 1 aliphatic rings. The lowest BCUT2D eigenvalue weighted by atomic mass is 10.2. The van der Waals surface area contributed by atoms with Gasteiger partial charge in [-0.25, -0.2) is 4.98 Å². The van der Waals surface area contributed by atoms with Gasteiger partial charge in [-0.3, -0.25) is 9.78 Å². The van der Waals surface area contributed by atoms with Gasteiger partial charge in [-0.1, -0.05) is 6.07 Å². The molecule has 0 radical (unpaired) electrons. The Morgan fingerprint density at radius 3 is 2.88 bits per heavy atom. The number of pyridine rings is 1. The van der Waals surface area contributed by atoms with Crippen LogP contribution in [-0.2, 0) is 0 Å². The van der Waals surface area contributed by atoms with Gasteiger partial charge in [0.25, 0.3) is 0 Å². The number of nitrogens with zero attached hydrogens (tertiary/aromatic N) is 2. The van der Waals surface area contributed by atoms with Crippen molar-refractivity contribution in [1.82, 2.24) is 9.97 Å². The summed E-state index contributed by atoms with van der Waals surface area (Å²) < 4.78 is 5.41. The minimum Gasteiger partial charge on any atom is -0.432 e. The van der Waals surface area contributed by atoms with E-state index in [0.29, 0.717) is 23.3 Å². The van der Waals surface area contributed by atoms with Crippen LogP contribution >= 0.6 is 0 Å². The van der Waals surface area contributed by atoms with Crippen molar-refractivity contribution in [2.45, 2.75) is 18.8 Å². The Morgan fingerprint density at radius 1 is 1.38 bits per heavy atom. The van der Waals surface area contributed by atoms with Crippen LogP contribution in [-0.4, -0.2) is 16.3 Å². The molecule has 0 N–H and O–H groups in total. The lowest BCUT2D eigenvalue weighted by molar-refractivity contribution is 0.110. The first kappa shape index (κ1) is 9.27. The highest BCUT2D eigenvalue weighted by Gasteiger charge is 2.31. The predicted molar refractivity (Wildman–Crippen MR) is 57.1 cm³/mol. The van der Waals surface area contributed by atoms with Crippen LogP contribution in [0.25, 0.3) is 11.6 Å². The molecule has 0 atom stereocenters. The summed E-state index contributed by atoms with van der Waals surface area (Å²) in [5, 5.41) is 0. The van der Waals surface area contributed by atoms with Gasteiger partial charge in [0.05, 0.1) is 5.69 Å². The highest BCUT2D eigenvalue weighted by atomic mass is 16.4. The third-order valence-corrected chi connectivity index (χ3v) is 2.64. The molecule has 2 aromatic rings. The number of carbonyl (C=O) groups excluding carboxylic acids is 1. The zero-order chi connectivity index (χ0) is 11.0. The fraction of sp³-hybridized carbons (Fsp3) is 0.250. The van der Waals surface area contributed by atoms with Crippen LogP contribution in [0.2, 0.25) is 0 Å². The van der Waals surface area contributed by atoms with Gasteiger partial charge in [0.2, 0.25) is 5.89 Å². The maximum atomic E-state index is 10.9. The molecule has 2 aromatic heterocycles. The molecule has 0 bridgehead atoms. The summed E-state index contributed by atoms with van der Waals surface area (Å²) >= 11 is 0. The van der Waals surface area contributed by atoms with Crippen molar-refractivity contribution < 1.29 is 9.21 Å². The third-order valence-electron chi connectivity index (χ3n) is 2.64. The first-order valence-corrected chi connectivity index (χ1v) is 5.26. The van der Waals surface area contributed by atoms with E-state index in [-0.39, 0.29) is 0 Å². The molecule has 0 amide bonds. The third kappa shape index (κ3) is 1.52. The van der Waals surface area contributed by atoms with Gasteiger partial charge >= 0.3 is 0 Å². The van der Waals surface area contributed by atoms with Crippen LogP contribution in [0.4, 0.5) is 0 Å². The van der Waals surface area contributed by atoms with Crippen LogP contribution < -0.4 is 0 Å². The Bertz CT molecular complexity index is 515. The molecule has 1 saturated carbocycles. The van der Waals surface area contributed by atoms with Crippen LogP contribution in [0.5, 0.6) is 0 Å². The number of oxazole rings is 1. The van der Waals surface area contributed by atoms with Gasteiger partial charge in [-0.15, -0.1) is 0 Å². The van der Waals surface area contributed by atoms with E-state index in [4.69, 9.17) is 4.42 Å². The van der Waals surface area contributed by atoms with E-state index >= 15 is 0 Å². The number of rotatable bonds is 3. The van der Waals surface area contributed by atoms with Gasteiger partial charge in [0.15, 0.2) is 12.0 Å². The minimum absolute atomic E-state index is 0.350. The molecule has 0 spiro atoms. The summed E-state index contributed by atoms with van der Waals surface area (Å²) in [6.07, 6.45) is 4.59. The molecule has 1 fully saturated rings. The lowest BCUT2D eigenvalue weighted by Crippen LogP contribution is -1.86. The number of hydrogen-bond acceptors (Lipinski definition) is 4. The largest absolute Gasteiger partial charge is 0.432 e. The normalized spacial score (nSPS) is 15.0. The highest BCUT2D eigenvalue weighted by molar-refractivity contribution is 5.74. The molecule has 4 nitrogen and oxygen atoms in total. The van der Waals surface area contributed by atoms with E-state index < -0.39 is 0 Å². The summed E-state index contributed by atoms with van der Waals surface area (Å²) in [6, 6.07) is 5.51. The van der Waals surface area contributed by atoms with Crippen LogP contribution in [0.15, 0.2) is 28.8 Å². The average molecular weight is 214 g/mol. The second-order valence-corrected chi connectivity index (χ2v) is 3.88. The minimum atomic E-state index is 0.350. The summed E-state index contributed by atoms with van der Waals surface area (Å²) in [6.45, 7) is 0. The van der Waals surface area contributed by atoms with Gasteiger partial charge in [-0.2, -0.15) is 0 Å². The molecule has 1 aliphatic carbocycles. The SMILES string of the molecule is O=Cc1oc(-c2ccccn2)nc1C1CC1. The predicted octanol–water partition coefficient (Wildman–Crippen LogP) is 2.43. The smallest absolute Gasteiger partial charge is 0.246 e. The van der Waals surface area contributed by atoms with E-state index in [1.54, 1.807) is 6.20 Å². The summed E-state index contributed by atoms with van der Waals surface area (Å²) in [7, 11) is 0. The van der Waals surface area contributed by atoms with E-state index in [9.17, 15) is 4.79 Å². The number of aromatic nitrogens is 2. The molecule has 0 saturated heterocycles. The van der Waals surface area contributed by atoms with Crippen molar-refractivity contribution in [2.75, 3.05) is 0 Å².